The zero-order chi connectivity index (χ0) is 17.1. The Labute approximate surface area is 140 Å². The number of hydrogen-bond donors (Lipinski definition) is 2. The van der Waals surface area contributed by atoms with E-state index in [0.717, 1.165) is 0 Å². The van der Waals surface area contributed by atoms with Gasteiger partial charge in [0.2, 0.25) is 5.91 Å². The fourth-order valence-electron chi connectivity index (χ4n) is 2.81. The zero-order valence-electron chi connectivity index (χ0n) is 13.8. The number of morpholine rings is 1. The van der Waals surface area contributed by atoms with E-state index >= 15 is 0 Å². The lowest BCUT2D eigenvalue weighted by Crippen LogP contribution is -2.55. The van der Waals surface area contributed by atoms with E-state index in [4.69, 9.17) is 4.74 Å². The average molecular weight is 332 g/mol. The second kappa shape index (κ2) is 7.11. The topological polar surface area (TPSA) is 68.2 Å². The van der Waals surface area contributed by atoms with Crippen molar-refractivity contribution < 1.29 is 13.9 Å². The minimum absolute atomic E-state index is 0.142. The number of nitrogens with one attached hydrogen (secondary N) is 2. The predicted octanol–water partition coefficient (Wildman–Crippen LogP) is 1.31. The largest absolute Gasteiger partial charge is 0.375 e. The number of nitrogens with zero attached hydrogens (tertiary/aromatic N) is 2. The van der Waals surface area contributed by atoms with Crippen LogP contribution in [-0.2, 0) is 16.1 Å². The number of hydrogen-bond acceptors (Lipinski definition) is 4. The Kier molecular flexibility index (Phi) is 4.92. The molecule has 128 valence electrons. The monoisotopic (exact) mass is 332 g/mol. The standard InChI is InChI=1S/C17H21FN4O2/c1-11-16(20-6-8-24-11)17(23)21-10-13-3-4-15(14(18)9-13)22-7-5-19-12(22)2/h3-5,7,9,11,16,20H,6,8,10H2,1-2H3,(H,21,23)/t11-,16+/m1/s1. The molecule has 1 amide bonds. The number of rotatable bonds is 4. The number of halogens is 1. The molecule has 1 aliphatic rings. The highest BCUT2D eigenvalue weighted by Crippen LogP contribution is 2.17. The summed E-state index contributed by atoms with van der Waals surface area (Å²) in [4.78, 5) is 16.3. The molecule has 2 N–H and O–H groups in total. The van der Waals surface area contributed by atoms with Gasteiger partial charge >= 0.3 is 0 Å². The van der Waals surface area contributed by atoms with Gasteiger partial charge in [0.05, 0.1) is 18.4 Å². The van der Waals surface area contributed by atoms with E-state index in [1.165, 1.54) is 6.07 Å². The van der Waals surface area contributed by atoms with Crippen molar-refractivity contribution in [3.63, 3.8) is 0 Å². The Morgan fingerprint density at radius 1 is 1.54 bits per heavy atom. The molecule has 3 rings (SSSR count). The van der Waals surface area contributed by atoms with E-state index < -0.39 is 0 Å². The van der Waals surface area contributed by atoms with Crippen LogP contribution in [0.5, 0.6) is 0 Å². The van der Waals surface area contributed by atoms with E-state index in [1.54, 1.807) is 29.1 Å². The van der Waals surface area contributed by atoms with E-state index in [-0.39, 0.29) is 30.4 Å². The molecule has 1 saturated heterocycles. The highest BCUT2D eigenvalue weighted by Gasteiger charge is 2.27. The Morgan fingerprint density at radius 3 is 3.04 bits per heavy atom. The summed E-state index contributed by atoms with van der Waals surface area (Å²) in [7, 11) is 0. The van der Waals surface area contributed by atoms with Crippen LogP contribution in [0.2, 0.25) is 0 Å². The van der Waals surface area contributed by atoms with Gasteiger partial charge in [-0.25, -0.2) is 9.37 Å². The highest BCUT2D eigenvalue weighted by atomic mass is 19.1. The van der Waals surface area contributed by atoms with Crippen molar-refractivity contribution in [1.29, 1.82) is 0 Å². The maximum absolute atomic E-state index is 14.3. The Morgan fingerprint density at radius 2 is 2.38 bits per heavy atom. The van der Waals surface area contributed by atoms with Crippen LogP contribution in [0.15, 0.2) is 30.6 Å². The number of ether oxygens (including phenoxy) is 1. The molecule has 0 bridgehead atoms. The van der Waals surface area contributed by atoms with Crippen LogP contribution < -0.4 is 10.6 Å². The van der Waals surface area contributed by atoms with E-state index in [2.05, 4.69) is 15.6 Å². The summed E-state index contributed by atoms with van der Waals surface area (Å²) in [5.74, 6) is 0.222. The molecule has 0 saturated carbocycles. The van der Waals surface area contributed by atoms with Crippen molar-refractivity contribution in [2.45, 2.75) is 32.5 Å². The van der Waals surface area contributed by atoms with Gasteiger partial charge in [0.1, 0.15) is 17.7 Å². The summed E-state index contributed by atoms with van der Waals surface area (Å²) < 4.78 is 21.5. The Hall–Kier alpha value is -2.25. The predicted molar refractivity (Wildman–Crippen MR) is 87.3 cm³/mol. The SMILES string of the molecule is Cc1nccn1-c1ccc(CNC(=O)[C@H]2NCCO[C@@H]2C)cc1F. The van der Waals surface area contributed by atoms with Crippen LogP contribution in [0.25, 0.3) is 5.69 Å². The lowest BCUT2D eigenvalue weighted by molar-refractivity contribution is -0.129. The molecular weight excluding hydrogens is 311 g/mol. The van der Waals surface area contributed by atoms with E-state index in [9.17, 15) is 9.18 Å². The maximum atomic E-state index is 14.3. The first-order chi connectivity index (χ1) is 11.6. The van der Waals surface area contributed by atoms with Crippen LogP contribution >= 0.6 is 0 Å². The van der Waals surface area contributed by atoms with Gasteiger partial charge in [-0.3, -0.25) is 4.79 Å². The number of imidazole rings is 1. The molecule has 6 nitrogen and oxygen atoms in total. The molecule has 2 atom stereocenters. The van der Waals surface area contributed by atoms with Gasteiger partial charge in [0.25, 0.3) is 0 Å². The van der Waals surface area contributed by atoms with Crippen LogP contribution in [-0.4, -0.2) is 40.8 Å². The smallest absolute Gasteiger partial charge is 0.240 e. The molecule has 0 radical (unpaired) electrons. The van der Waals surface area contributed by atoms with Gasteiger partial charge in [-0.1, -0.05) is 6.07 Å². The summed E-state index contributed by atoms with van der Waals surface area (Å²) in [6.45, 7) is 5.19. The van der Waals surface area contributed by atoms with Crippen molar-refractivity contribution >= 4 is 5.91 Å². The second-order valence-electron chi connectivity index (χ2n) is 5.86. The lowest BCUT2D eigenvalue weighted by atomic mass is 10.1. The number of aryl methyl sites for hydroxylation is 1. The van der Waals surface area contributed by atoms with Crippen molar-refractivity contribution in [2.75, 3.05) is 13.2 Å². The molecule has 0 spiro atoms. The third-order valence-corrected chi connectivity index (χ3v) is 4.16. The van der Waals surface area contributed by atoms with Gasteiger partial charge in [0.15, 0.2) is 0 Å². The highest BCUT2D eigenvalue weighted by molar-refractivity contribution is 5.82. The Bertz CT molecular complexity index is 731. The van der Waals surface area contributed by atoms with Gasteiger partial charge in [-0.2, -0.15) is 0 Å². The van der Waals surface area contributed by atoms with Crippen LogP contribution in [0.4, 0.5) is 4.39 Å². The maximum Gasteiger partial charge on any atom is 0.240 e. The second-order valence-corrected chi connectivity index (χ2v) is 5.86. The van der Waals surface area contributed by atoms with Gasteiger partial charge in [0, 0.05) is 25.5 Å². The molecule has 1 aromatic carbocycles. The molecule has 7 heteroatoms. The summed E-state index contributed by atoms with van der Waals surface area (Å²) in [6, 6.07) is 4.54. The van der Waals surface area contributed by atoms with E-state index in [1.807, 2.05) is 13.8 Å². The minimum Gasteiger partial charge on any atom is -0.375 e. The fraction of sp³-hybridized carbons (Fsp3) is 0.412. The summed E-state index contributed by atoms with van der Waals surface area (Å²) in [5.41, 5.74) is 1.14. The first kappa shape index (κ1) is 16.6. The summed E-state index contributed by atoms with van der Waals surface area (Å²) >= 11 is 0. The molecule has 0 unspecified atom stereocenters. The molecular formula is C17H21FN4O2. The molecule has 1 aromatic heterocycles. The lowest BCUT2D eigenvalue weighted by Gasteiger charge is -2.29. The third kappa shape index (κ3) is 3.47. The van der Waals surface area contributed by atoms with Crippen LogP contribution in [0.1, 0.15) is 18.3 Å². The van der Waals surface area contributed by atoms with Crippen molar-refractivity contribution in [1.82, 2.24) is 20.2 Å². The summed E-state index contributed by atoms with van der Waals surface area (Å²) in [6.07, 6.45) is 3.16. The normalized spacial score (nSPS) is 20.8. The van der Waals surface area contributed by atoms with Crippen LogP contribution in [0, 0.1) is 12.7 Å². The number of carbonyl (C=O) groups excluding carboxylic acids is 1. The van der Waals surface area contributed by atoms with E-state index in [0.29, 0.717) is 30.2 Å². The number of benzene rings is 1. The molecule has 1 fully saturated rings. The van der Waals surface area contributed by atoms with Crippen molar-refractivity contribution in [3.8, 4) is 5.69 Å². The van der Waals surface area contributed by atoms with Crippen molar-refractivity contribution in [2.24, 2.45) is 0 Å². The molecule has 2 aromatic rings. The first-order valence-corrected chi connectivity index (χ1v) is 7.97. The molecule has 0 aliphatic carbocycles. The third-order valence-electron chi connectivity index (χ3n) is 4.16. The fourth-order valence-corrected chi connectivity index (χ4v) is 2.81. The molecule has 1 aliphatic heterocycles. The first-order valence-electron chi connectivity index (χ1n) is 7.97. The minimum atomic E-state index is -0.378. The summed E-state index contributed by atoms with van der Waals surface area (Å²) in [5, 5.41) is 5.95. The van der Waals surface area contributed by atoms with Gasteiger partial charge < -0.3 is 19.9 Å². The number of aromatic nitrogens is 2. The number of amides is 1. The number of carbonyl (C=O) groups is 1. The van der Waals surface area contributed by atoms with Gasteiger partial charge in [-0.05, 0) is 31.5 Å². The quantitative estimate of drug-likeness (QED) is 0.886. The average Bonchev–Trinajstić information content (AvgIpc) is 2.99. The zero-order valence-corrected chi connectivity index (χ0v) is 13.8. The van der Waals surface area contributed by atoms with Crippen molar-refractivity contribution in [3.05, 3.63) is 47.8 Å². The molecule has 24 heavy (non-hydrogen) atoms. The van der Waals surface area contributed by atoms with Gasteiger partial charge in [-0.15, -0.1) is 0 Å². The Balaban J connectivity index is 1.65. The molecule has 2 heterocycles. The van der Waals surface area contributed by atoms with Crippen LogP contribution in [0.3, 0.4) is 0 Å².